The first kappa shape index (κ1) is 8.30. The number of fused-ring (bicyclic) bond motifs is 1. The van der Waals surface area contributed by atoms with E-state index in [1.807, 2.05) is 6.08 Å². The Morgan fingerprint density at radius 3 is 2.67 bits per heavy atom. The summed E-state index contributed by atoms with van der Waals surface area (Å²) in [5.74, 6) is 0. The molecule has 0 amide bonds. The Hall–Kier alpha value is -0.310. The molecule has 2 rings (SSSR count). The predicted molar refractivity (Wildman–Crippen MR) is 49.6 cm³/mol. The lowest BCUT2D eigenvalue weighted by Gasteiger charge is -2.01. The van der Waals surface area contributed by atoms with Crippen molar-refractivity contribution in [3.05, 3.63) is 27.8 Å². The Morgan fingerprint density at radius 1 is 1.17 bits per heavy atom. The van der Waals surface area contributed by atoms with Gasteiger partial charge in [-0.25, -0.2) is 9.97 Å². The van der Waals surface area contributed by atoms with Crippen molar-refractivity contribution >= 4 is 39.8 Å². The molecule has 0 aliphatic heterocycles. The van der Waals surface area contributed by atoms with Crippen molar-refractivity contribution in [2.45, 2.75) is 6.42 Å². The van der Waals surface area contributed by atoms with Crippen LogP contribution in [0.2, 0.25) is 10.4 Å². The standard InChI is InChI=1S/C7H3Cl3N2/c8-3-1-2-4-5(3)6(9)12-7(10)11-4/h1H,2H2. The molecule has 0 aromatic carbocycles. The van der Waals surface area contributed by atoms with Crippen LogP contribution in [0.25, 0.3) is 5.03 Å². The van der Waals surface area contributed by atoms with Crippen molar-refractivity contribution in [2.24, 2.45) is 0 Å². The van der Waals surface area contributed by atoms with Crippen molar-refractivity contribution in [2.75, 3.05) is 0 Å². The van der Waals surface area contributed by atoms with E-state index in [1.165, 1.54) is 0 Å². The maximum atomic E-state index is 5.85. The van der Waals surface area contributed by atoms with Gasteiger partial charge in [0.15, 0.2) is 0 Å². The van der Waals surface area contributed by atoms with E-state index in [4.69, 9.17) is 34.8 Å². The zero-order valence-corrected chi connectivity index (χ0v) is 8.08. The molecule has 1 aliphatic carbocycles. The lowest BCUT2D eigenvalue weighted by Crippen LogP contribution is -1.93. The summed E-state index contributed by atoms with van der Waals surface area (Å²) in [5.41, 5.74) is 1.51. The largest absolute Gasteiger partial charge is 0.224 e. The molecular weight excluding hydrogens is 218 g/mol. The minimum Gasteiger partial charge on any atom is -0.222 e. The minimum atomic E-state index is 0.165. The first-order valence-corrected chi connectivity index (χ1v) is 4.40. The molecule has 0 unspecified atom stereocenters. The van der Waals surface area contributed by atoms with Crippen LogP contribution in [0.1, 0.15) is 11.3 Å². The number of aromatic nitrogens is 2. The van der Waals surface area contributed by atoms with Crippen LogP contribution in [-0.4, -0.2) is 9.97 Å². The van der Waals surface area contributed by atoms with E-state index in [2.05, 4.69) is 9.97 Å². The molecule has 1 aromatic rings. The van der Waals surface area contributed by atoms with Crippen molar-refractivity contribution in [3.8, 4) is 0 Å². The Kier molecular flexibility index (Phi) is 1.99. The lowest BCUT2D eigenvalue weighted by atomic mass is 10.3. The highest BCUT2D eigenvalue weighted by Gasteiger charge is 2.19. The Morgan fingerprint density at radius 2 is 1.92 bits per heavy atom. The number of halogens is 3. The van der Waals surface area contributed by atoms with Crippen molar-refractivity contribution in [3.63, 3.8) is 0 Å². The molecule has 0 atom stereocenters. The third-order valence-corrected chi connectivity index (χ3v) is 2.41. The van der Waals surface area contributed by atoms with Gasteiger partial charge in [0.25, 0.3) is 0 Å². The van der Waals surface area contributed by atoms with Gasteiger partial charge in [-0.2, -0.15) is 0 Å². The molecule has 0 spiro atoms. The SMILES string of the molecule is ClC1=CCc2nc(Cl)nc(Cl)c21. The number of hydrogen-bond donors (Lipinski definition) is 0. The average molecular weight is 221 g/mol. The van der Waals surface area contributed by atoms with E-state index in [9.17, 15) is 0 Å². The third kappa shape index (κ3) is 1.20. The minimum absolute atomic E-state index is 0.165. The fourth-order valence-electron chi connectivity index (χ4n) is 1.12. The van der Waals surface area contributed by atoms with E-state index >= 15 is 0 Å². The fraction of sp³-hybridized carbons (Fsp3) is 0.143. The van der Waals surface area contributed by atoms with Gasteiger partial charge in [-0.1, -0.05) is 29.3 Å². The van der Waals surface area contributed by atoms with Crippen molar-refractivity contribution in [1.29, 1.82) is 0 Å². The molecule has 0 saturated heterocycles. The van der Waals surface area contributed by atoms with Gasteiger partial charge < -0.3 is 0 Å². The highest BCUT2D eigenvalue weighted by Crippen LogP contribution is 2.34. The van der Waals surface area contributed by atoms with E-state index in [1.54, 1.807) is 0 Å². The van der Waals surface area contributed by atoms with Crippen LogP contribution >= 0.6 is 34.8 Å². The first-order chi connectivity index (χ1) is 5.68. The Labute approximate surface area is 84.2 Å². The van der Waals surface area contributed by atoms with Crippen molar-refractivity contribution < 1.29 is 0 Å². The average Bonchev–Trinajstić information content (AvgIpc) is 2.31. The van der Waals surface area contributed by atoms with Crippen molar-refractivity contribution in [1.82, 2.24) is 9.97 Å². The molecule has 1 aromatic heterocycles. The number of allylic oxidation sites excluding steroid dienone is 1. The van der Waals surface area contributed by atoms with Crippen LogP contribution in [0.15, 0.2) is 6.08 Å². The molecule has 12 heavy (non-hydrogen) atoms. The second-order valence-electron chi connectivity index (χ2n) is 2.36. The monoisotopic (exact) mass is 220 g/mol. The Bertz CT molecular complexity index is 373. The van der Waals surface area contributed by atoms with Crippen LogP contribution in [0.4, 0.5) is 0 Å². The smallest absolute Gasteiger partial charge is 0.222 e. The normalized spacial score (nSPS) is 14.4. The molecule has 0 bridgehead atoms. The topological polar surface area (TPSA) is 25.8 Å². The molecule has 0 radical (unpaired) electrons. The van der Waals surface area contributed by atoms with E-state index in [0.717, 1.165) is 5.69 Å². The highest BCUT2D eigenvalue weighted by atomic mass is 35.5. The van der Waals surface area contributed by atoms with Gasteiger partial charge >= 0.3 is 0 Å². The van der Waals surface area contributed by atoms with Gasteiger partial charge in [0, 0.05) is 11.5 Å². The summed E-state index contributed by atoms with van der Waals surface area (Å²) >= 11 is 17.3. The van der Waals surface area contributed by atoms with E-state index in [-0.39, 0.29) is 5.28 Å². The Balaban J connectivity index is 2.67. The fourth-order valence-corrected chi connectivity index (χ4v) is 1.97. The zero-order chi connectivity index (χ0) is 8.72. The summed E-state index contributed by atoms with van der Waals surface area (Å²) in [7, 11) is 0. The van der Waals surface area contributed by atoms with Gasteiger partial charge in [-0.05, 0) is 11.6 Å². The maximum absolute atomic E-state index is 5.85. The molecule has 0 N–H and O–H groups in total. The van der Waals surface area contributed by atoms with Crippen LogP contribution in [0.3, 0.4) is 0 Å². The maximum Gasteiger partial charge on any atom is 0.224 e. The molecular formula is C7H3Cl3N2. The van der Waals surface area contributed by atoms with Gasteiger partial charge in [-0.15, -0.1) is 0 Å². The third-order valence-electron chi connectivity index (χ3n) is 1.63. The number of hydrogen-bond acceptors (Lipinski definition) is 2. The summed E-state index contributed by atoms with van der Waals surface area (Å²) in [4.78, 5) is 7.79. The molecule has 5 heteroatoms. The first-order valence-electron chi connectivity index (χ1n) is 3.26. The predicted octanol–water partition coefficient (Wildman–Crippen LogP) is 2.92. The summed E-state index contributed by atoms with van der Waals surface area (Å²) in [5, 5.41) is 1.09. The van der Waals surface area contributed by atoms with Crippen LogP contribution in [0, 0.1) is 0 Å². The number of rotatable bonds is 0. The van der Waals surface area contributed by atoms with Crippen LogP contribution in [-0.2, 0) is 6.42 Å². The molecule has 1 aliphatic rings. The van der Waals surface area contributed by atoms with E-state index < -0.39 is 0 Å². The van der Waals surface area contributed by atoms with Gasteiger partial charge in [-0.3, -0.25) is 0 Å². The summed E-state index contributed by atoms with van der Waals surface area (Å²) in [6.07, 6.45) is 2.51. The van der Waals surface area contributed by atoms with Gasteiger partial charge in [0.1, 0.15) is 5.15 Å². The summed E-state index contributed by atoms with van der Waals surface area (Å²) in [6, 6.07) is 0. The van der Waals surface area contributed by atoms with Gasteiger partial charge in [0.2, 0.25) is 5.28 Å². The summed E-state index contributed by atoms with van der Waals surface area (Å²) < 4.78 is 0. The lowest BCUT2D eigenvalue weighted by molar-refractivity contribution is 1.06. The second kappa shape index (κ2) is 2.87. The quantitative estimate of drug-likeness (QED) is 0.497. The number of nitrogens with zero attached hydrogens (tertiary/aromatic N) is 2. The van der Waals surface area contributed by atoms with Crippen LogP contribution in [0.5, 0.6) is 0 Å². The highest BCUT2D eigenvalue weighted by molar-refractivity contribution is 6.51. The molecule has 62 valence electrons. The van der Waals surface area contributed by atoms with E-state index in [0.29, 0.717) is 22.2 Å². The zero-order valence-electron chi connectivity index (χ0n) is 5.81. The molecule has 0 fully saturated rings. The molecule has 0 saturated carbocycles. The van der Waals surface area contributed by atoms with Crippen LogP contribution < -0.4 is 0 Å². The second-order valence-corrected chi connectivity index (χ2v) is 3.46. The van der Waals surface area contributed by atoms with Gasteiger partial charge in [0.05, 0.1) is 11.3 Å². The molecule has 2 nitrogen and oxygen atoms in total. The molecule has 1 heterocycles. The summed E-state index contributed by atoms with van der Waals surface area (Å²) in [6.45, 7) is 0.